The van der Waals surface area contributed by atoms with Crippen molar-refractivity contribution in [3.63, 3.8) is 0 Å². The highest BCUT2D eigenvalue weighted by Gasteiger charge is 2.28. The fourth-order valence-electron chi connectivity index (χ4n) is 1.59. The lowest BCUT2D eigenvalue weighted by molar-refractivity contribution is -0.0328. The van der Waals surface area contributed by atoms with Gasteiger partial charge in [0.15, 0.2) is 5.82 Å². The molecule has 0 spiro atoms. The number of hydrogen-bond donors (Lipinski definition) is 1. The Kier molecular flexibility index (Phi) is 4.66. The van der Waals surface area contributed by atoms with Crippen LogP contribution in [-0.2, 0) is 20.1 Å². The second-order valence-corrected chi connectivity index (χ2v) is 5.27. The van der Waals surface area contributed by atoms with Crippen LogP contribution in [0.25, 0.3) is 0 Å². The molecule has 0 unspecified atom stereocenters. The molecule has 2 rings (SSSR count). The number of nitrogens with one attached hydrogen (secondary N) is 1. The zero-order chi connectivity index (χ0) is 14.6. The fourth-order valence-corrected chi connectivity index (χ4v) is 2.13. The minimum atomic E-state index is -4.25. The van der Waals surface area contributed by atoms with Crippen LogP contribution in [0.1, 0.15) is 11.4 Å². The summed E-state index contributed by atoms with van der Waals surface area (Å²) in [4.78, 5) is 4.25. The fraction of sp³-hybridized carbons (Fsp3) is 0.333. The number of aryl methyl sites for hydroxylation is 1. The zero-order valence-corrected chi connectivity index (χ0v) is 11.5. The summed E-state index contributed by atoms with van der Waals surface area (Å²) in [5.41, 5.74) is -3.34. The van der Waals surface area contributed by atoms with Gasteiger partial charge in [0.05, 0.1) is 6.54 Å². The lowest BCUT2D eigenvalue weighted by Gasteiger charge is -2.07. The smallest absolute Gasteiger partial charge is 0.306 e. The predicted octanol–water partition coefficient (Wildman–Crippen LogP) is 2.72. The maximum Gasteiger partial charge on any atom is 0.446 e. The molecule has 20 heavy (non-hydrogen) atoms. The van der Waals surface area contributed by atoms with Crippen LogP contribution in [0.15, 0.2) is 35.5 Å². The molecule has 8 heteroatoms. The lowest BCUT2D eigenvalue weighted by atomic mass is 10.2. The average Bonchev–Trinajstić information content (AvgIpc) is 2.75. The van der Waals surface area contributed by atoms with Gasteiger partial charge in [0.25, 0.3) is 0 Å². The number of benzene rings is 1. The molecule has 0 saturated heterocycles. The van der Waals surface area contributed by atoms with Crippen molar-refractivity contribution in [2.24, 2.45) is 7.05 Å². The molecular weight excluding hydrogens is 289 g/mol. The Labute approximate surface area is 118 Å². The largest absolute Gasteiger partial charge is 0.446 e. The van der Waals surface area contributed by atoms with Crippen LogP contribution in [0.2, 0.25) is 0 Å². The Bertz CT molecular complexity index is 551. The Morgan fingerprint density at radius 2 is 1.90 bits per heavy atom. The summed E-state index contributed by atoms with van der Waals surface area (Å²) >= 11 is -0.110. The molecular formula is C12H13F3N4S. The van der Waals surface area contributed by atoms with Crippen LogP contribution in [0.5, 0.6) is 0 Å². The van der Waals surface area contributed by atoms with Crippen LogP contribution < -0.4 is 5.32 Å². The molecule has 1 aromatic heterocycles. The second kappa shape index (κ2) is 6.27. The minimum Gasteiger partial charge on any atom is -0.306 e. The molecule has 0 saturated carbocycles. The molecule has 0 bridgehead atoms. The van der Waals surface area contributed by atoms with Crippen LogP contribution >= 0.6 is 11.8 Å². The first kappa shape index (κ1) is 14.9. The van der Waals surface area contributed by atoms with Crippen molar-refractivity contribution in [2.75, 3.05) is 0 Å². The van der Waals surface area contributed by atoms with Crippen LogP contribution in [-0.4, -0.2) is 20.3 Å². The molecule has 0 aliphatic rings. The van der Waals surface area contributed by atoms with Crippen molar-refractivity contribution in [3.8, 4) is 0 Å². The van der Waals surface area contributed by atoms with Gasteiger partial charge in [0, 0.05) is 18.5 Å². The molecule has 0 radical (unpaired) electrons. The third-order valence-corrected chi connectivity index (χ3v) is 3.16. The lowest BCUT2D eigenvalue weighted by Crippen LogP contribution is -2.14. The Hall–Kier alpha value is -1.54. The van der Waals surface area contributed by atoms with Crippen LogP contribution in [0.4, 0.5) is 13.2 Å². The molecule has 1 heterocycles. The summed E-state index contributed by atoms with van der Waals surface area (Å²) in [6.45, 7) is 1.06. The van der Waals surface area contributed by atoms with Gasteiger partial charge in [0.1, 0.15) is 6.33 Å². The quantitative estimate of drug-likeness (QED) is 0.862. The third-order valence-electron chi connectivity index (χ3n) is 2.42. The highest BCUT2D eigenvalue weighted by Crippen LogP contribution is 2.36. The van der Waals surface area contributed by atoms with E-state index >= 15 is 0 Å². The van der Waals surface area contributed by atoms with Gasteiger partial charge in [-0.2, -0.15) is 18.3 Å². The summed E-state index contributed by atoms with van der Waals surface area (Å²) in [6, 6.07) is 6.28. The van der Waals surface area contributed by atoms with E-state index in [1.165, 1.54) is 12.1 Å². The van der Waals surface area contributed by atoms with Crippen molar-refractivity contribution in [2.45, 2.75) is 23.5 Å². The molecule has 0 aliphatic carbocycles. The number of alkyl halides is 3. The summed E-state index contributed by atoms with van der Waals surface area (Å²) in [5.74, 6) is 0.678. The van der Waals surface area contributed by atoms with Gasteiger partial charge in [-0.25, -0.2) is 4.98 Å². The molecule has 0 fully saturated rings. The molecule has 0 atom stereocenters. The highest BCUT2D eigenvalue weighted by atomic mass is 32.2. The van der Waals surface area contributed by atoms with Crippen molar-refractivity contribution >= 4 is 11.8 Å². The number of hydrogen-bond acceptors (Lipinski definition) is 4. The molecule has 1 N–H and O–H groups in total. The van der Waals surface area contributed by atoms with Gasteiger partial charge >= 0.3 is 5.51 Å². The van der Waals surface area contributed by atoms with E-state index in [0.29, 0.717) is 18.9 Å². The molecule has 4 nitrogen and oxygen atoms in total. The van der Waals surface area contributed by atoms with Crippen molar-refractivity contribution in [3.05, 3.63) is 42.0 Å². The van der Waals surface area contributed by atoms with E-state index in [0.717, 1.165) is 5.56 Å². The van der Waals surface area contributed by atoms with E-state index < -0.39 is 5.51 Å². The maximum atomic E-state index is 12.2. The van der Waals surface area contributed by atoms with Crippen molar-refractivity contribution in [1.82, 2.24) is 20.1 Å². The molecule has 108 valence electrons. The van der Waals surface area contributed by atoms with E-state index in [1.54, 1.807) is 30.2 Å². The first-order chi connectivity index (χ1) is 9.42. The minimum absolute atomic E-state index is 0.110. The van der Waals surface area contributed by atoms with E-state index in [2.05, 4.69) is 15.4 Å². The van der Waals surface area contributed by atoms with Crippen molar-refractivity contribution in [1.29, 1.82) is 0 Å². The van der Waals surface area contributed by atoms with Gasteiger partial charge < -0.3 is 5.32 Å². The van der Waals surface area contributed by atoms with Crippen molar-refractivity contribution < 1.29 is 13.2 Å². The van der Waals surface area contributed by atoms with Gasteiger partial charge in [-0.05, 0) is 29.5 Å². The molecule has 0 amide bonds. The zero-order valence-electron chi connectivity index (χ0n) is 10.7. The van der Waals surface area contributed by atoms with Gasteiger partial charge in [-0.15, -0.1) is 0 Å². The Morgan fingerprint density at radius 1 is 1.20 bits per heavy atom. The Balaban J connectivity index is 1.82. The molecule has 0 aliphatic heterocycles. The van der Waals surface area contributed by atoms with E-state index in [1.807, 2.05) is 0 Å². The number of thioether (sulfide) groups is 1. The van der Waals surface area contributed by atoms with E-state index in [4.69, 9.17) is 0 Å². The highest BCUT2D eigenvalue weighted by molar-refractivity contribution is 8.00. The van der Waals surface area contributed by atoms with Crippen LogP contribution in [0, 0.1) is 0 Å². The van der Waals surface area contributed by atoms with Gasteiger partial charge in [0.2, 0.25) is 0 Å². The Morgan fingerprint density at radius 3 is 2.45 bits per heavy atom. The van der Waals surface area contributed by atoms with Crippen LogP contribution in [0.3, 0.4) is 0 Å². The first-order valence-electron chi connectivity index (χ1n) is 5.82. The SMILES string of the molecule is Cn1cnc(CNCc2ccc(SC(F)(F)F)cc2)n1. The normalized spacial score (nSPS) is 11.8. The van der Waals surface area contributed by atoms with Gasteiger partial charge in [-0.3, -0.25) is 4.68 Å². The number of halogens is 3. The summed E-state index contributed by atoms with van der Waals surface area (Å²) in [7, 11) is 1.79. The number of rotatable bonds is 5. The average molecular weight is 302 g/mol. The topological polar surface area (TPSA) is 42.7 Å². The summed E-state index contributed by atoms with van der Waals surface area (Å²) in [6.07, 6.45) is 1.61. The molecule has 1 aromatic carbocycles. The molecule has 2 aromatic rings. The standard InChI is InChI=1S/C12H13F3N4S/c1-19-8-17-11(18-19)7-16-6-9-2-4-10(5-3-9)20-12(13,14)15/h2-5,8,16H,6-7H2,1H3. The summed E-state index contributed by atoms with van der Waals surface area (Å²) in [5, 5.41) is 7.24. The first-order valence-corrected chi connectivity index (χ1v) is 6.64. The number of nitrogens with zero attached hydrogens (tertiary/aromatic N) is 3. The summed E-state index contributed by atoms with van der Waals surface area (Å²) < 4.78 is 38.1. The monoisotopic (exact) mass is 302 g/mol. The van der Waals surface area contributed by atoms with E-state index in [-0.39, 0.29) is 16.7 Å². The third kappa shape index (κ3) is 4.86. The number of aromatic nitrogens is 3. The maximum absolute atomic E-state index is 12.2. The van der Waals surface area contributed by atoms with Gasteiger partial charge in [-0.1, -0.05) is 12.1 Å². The van der Waals surface area contributed by atoms with E-state index in [9.17, 15) is 13.2 Å². The predicted molar refractivity (Wildman–Crippen MR) is 69.9 cm³/mol. The second-order valence-electron chi connectivity index (χ2n) is 4.13.